The van der Waals surface area contributed by atoms with E-state index in [-0.39, 0.29) is 0 Å². The summed E-state index contributed by atoms with van der Waals surface area (Å²) in [5, 5.41) is 9.62. The maximum Gasteiger partial charge on any atom is 0.181 e. The molecule has 2 saturated heterocycles. The molecular weight excluding hydrogens is 418 g/mol. The molecule has 2 aromatic rings. The molecular formula is C25H37N5OS. The SMILES string of the molecule is C/C(=N\N=C(/C)c1ocnc1C)SCCCN1CC2CCN(c3ccccc3)C2C1.CC. The van der Waals surface area contributed by atoms with Crippen molar-refractivity contribution in [2.45, 2.75) is 53.5 Å². The first-order chi connectivity index (χ1) is 15.6. The Morgan fingerprint density at radius 2 is 1.94 bits per heavy atom. The molecule has 0 radical (unpaired) electrons. The average molecular weight is 456 g/mol. The van der Waals surface area contributed by atoms with Crippen molar-refractivity contribution in [1.82, 2.24) is 9.88 Å². The minimum absolute atomic E-state index is 0.681. The van der Waals surface area contributed by atoms with Gasteiger partial charge < -0.3 is 14.2 Å². The second-order valence-corrected chi connectivity index (χ2v) is 9.47. The van der Waals surface area contributed by atoms with E-state index in [4.69, 9.17) is 4.42 Å². The first-order valence-electron chi connectivity index (χ1n) is 11.8. The summed E-state index contributed by atoms with van der Waals surface area (Å²) in [5.41, 5.74) is 2.99. The average Bonchev–Trinajstić information content (AvgIpc) is 3.53. The van der Waals surface area contributed by atoms with Gasteiger partial charge in [0.05, 0.1) is 10.7 Å². The summed E-state index contributed by atoms with van der Waals surface area (Å²) in [6.07, 6.45) is 3.94. The fourth-order valence-electron chi connectivity index (χ4n) is 4.55. The Morgan fingerprint density at radius 1 is 1.16 bits per heavy atom. The summed E-state index contributed by atoms with van der Waals surface area (Å²) in [5.74, 6) is 2.60. The molecule has 174 valence electrons. The largest absolute Gasteiger partial charge is 0.442 e. The summed E-state index contributed by atoms with van der Waals surface area (Å²) in [4.78, 5) is 9.36. The van der Waals surface area contributed by atoms with Crippen LogP contribution in [0.3, 0.4) is 0 Å². The Labute approximate surface area is 197 Å². The van der Waals surface area contributed by atoms with Gasteiger partial charge in [0.25, 0.3) is 0 Å². The van der Waals surface area contributed by atoms with Crippen molar-refractivity contribution in [3.8, 4) is 0 Å². The lowest BCUT2D eigenvalue weighted by atomic mass is 10.1. The van der Waals surface area contributed by atoms with Crippen LogP contribution < -0.4 is 4.90 Å². The lowest BCUT2D eigenvalue weighted by molar-refractivity contribution is 0.319. The second kappa shape index (κ2) is 12.2. The van der Waals surface area contributed by atoms with E-state index in [1.165, 1.54) is 44.6 Å². The molecule has 4 rings (SSSR count). The van der Waals surface area contributed by atoms with Crippen LogP contribution in [0.4, 0.5) is 5.69 Å². The molecule has 2 atom stereocenters. The topological polar surface area (TPSA) is 57.2 Å². The predicted molar refractivity (Wildman–Crippen MR) is 137 cm³/mol. The van der Waals surface area contributed by atoms with Gasteiger partial charge in [0.1, 0.15) is 5.71 Å². The molecule has 1 aromatic heterocycles. The first kappa shape index (κ1) is 24.5. The molecule has 3 heterocycles. The number of aryl methyl sites for hydroxylation is 1. The van der Waals surface area contributed by atoms with Crippen molar-refractivity contribution in [3.05, 3.63) is 48.2 Å². The van der Waals surface area contributed by atoms with Gasteiger partial charge in [-0.05, 0) is 58.2 Å². The van der Waals surface area contributed by atoms with E-state index in [1.807, 2.05) is 34.6 Å². The Kier molecular flexibility index (Phi) is 9.36. The molecule has 6 nitrogen and oxygen atoms in total. The molecule has 2 aliphatic heterocycles. The Balaban J connectivity index is 0.00000141. The molecule has 0 aliphatic carbocycles. The van der Waals surface area contributed by atoms with Gasteiger partial charge in [-0.25, -0.2) is 4.98 Å². The van der Waals surface area contributed by atoms with Gasteiger partial charge in [0.2, 0.25) is 0 Å². The van der Waals surface area contributed by atoms with Gasteiger partial charge in [0.15, 0.2) is 12.2 Å². The van der Waals surface area contributed by atoms with Crippen LogP contribution in [-0.4, -0.2) is 58.6 Å². The van der Waals surface area contributed by atoms with Crippen LogP contribution in [0, 0.1) is 12.8 Å². The number of nitrogens with zero attached hydrogens (tertiary/aromatic N) is 5. The van der Waals surface area contributed by atoms with Gasteiger partial charge in [-0.1, -0.05) is 32.0 Å². The number of anilines is 1. The fourth-order valence-corrected chi connectivity index (χ4v) is 5.22. The van der Waals surface area contributed by atoms with Crippen LogP contribution in [-0.2, 0) is 0 Å². The number of likely N-dealkylation sites (tertiary alicyclic amines) is 1. The maximum absolute atomic E-state index is 5.35. The molecule has 0 saturated carbocycles. The Hall–Kier alpha value is -2.12. The monoisotopic (exact) mass is 455 g/mol. The predicted octanol–water partition coefficient (Wildman–Crippen LogP) is 5.49. The third-order valence-electron chi connectivity index (χ3n) is 6.06. The van der Waals surface area contributed by atoms with Gasteiger partial charge >= 0.3 is 0 Å². The highest BCUT2D eigenvalue weighted by molar-refractivity contribution is 8.13. The highest BCUT2D eigenvalue weighted by Gasteiger charge is 2.40. The molecule has 0 amide bonds. The van der Waals surface area contributed by atoms with Crippen molar-refractivity contribution < 1.29 is 4.42 Å². The van der Waals surface area contributed by atoms with Crippen LogP contribution in [0.1, 0.15) is 52.0 Å². The number of para-hydroxylation sites is 1. The zero-order valence-electron chi connectivity index (χ0n) is 20.1. The molecule has 0 bridgehead atoms. The summed E-state index contributed by atoms with van der Waals surface area (Å²) >= 11 is 1.78. The van der Waals surface area contributed by atoms with Gasteiger partial charge in [-0.3, -0.25) is 0 Å². The number of hydrogen-bond donors (Lipinski definition) is 0. The maximum atomic E-state index is 5.35. The molecule has 0 N–H and O–H groups in total. The molecule has 7 heteroatoms. The van der Waals surface area contributed by atoms with E-state index in [9.17, 15) is 0 Å². The van der Waals surface area contributed by atoms with Crippen LogP contribution in [0.15, 0.2) is 51.3 Å². The van der Waals surface area contributed by atoms with Crippen molar-refractivity contribution >= 4 is 28.2 Å². The standard InChI is InChI=1S/C23H31N5OS.C2H6/c1-17-23(29-16-24-17)18(2)25-26-19(3)30-13-7-11-27-14-20-10-12-28(22(20)15-27)21-8-5-4-6-9-21;1-2/h4-6,8-9,16,20,22H,7,10-15H2,1-3H3;1-2H3/b25-18+,26-19+;. The van der Waals surface area contributed by atoms with E-state index < -0.39 is 0 Å². The van der Waals surface area contributed by atoms with Crippen LogP contribution in [0.2, 0.25) is 0 Å². The Bertz CT molecular complexity index is 895. The van der Waals surface area contributed by atoms with Gasteiger partial charge in [-0.2, -0.15) is 5.10 Å². The van der Waals surface area contributed by atoms with Crippen LogP contribution >= 0.6 is 11.8 Å². The van der Waals surface area contributed by atoms with Gasteiger partial charge in [-0.15, -0.1) is 16.9 Å². The van der Waals surface area contributed by atoms with Crippen molar-refractivity contribution in [1.29, 1.82) is 0 Å². The van der Waals surface area contributed by atoms with Crippen molar-refractivity contribution in [3.63, 3.8) is 0 Å². The van der Waals surface area contributed by atoms with Crippen LogP contribution in [0.25, 0.3) is 0 Å². The van der Waals surface area contributed by atoms with E-state index in [0.29, 0.717) is 11.8 Å². The third kappa shape index (κ3) is 6.23. The quantitative estimate of drug-likeness (QED) is 0.239. The highest BCUT2D eigenvalue weighted by atomic mass is 32.2. The molecule has 0 spiro atoms. The molecule has 32 heavy (non-hydrogen) atoms. The number of thioether (sulfide) groups is 1. The zero-order valence-corrected chi connectivity index (χ0v) is 20.9. The fraction of sp³-hybridized carbons (Fsp3) is 0.560. The molecule has 1 aromatic carbocycles. The van der Waals surface area contributed by atoms with E-state index in [1.54, 1.807) is 11.8 Å². The van der Waals surface area contributed by atoms with Gasteiger partial charge in [0, 0.05) is 37.1 Å². The lowest BCUT2D eigenvalue weighted by Gasteiger charge is -2.27. The van der Waals surface area contributed by atoms with E-state index in [2.05, 4.69) is 55.3 Å². The summed E-state index contributed by atoms with van der Waals surface area (Å²) < 4.78 is 5.35. The normalized spacial score (nSPS) is 21.5. The third-order valence-corrected chi connectivity index (χ3v) is 7.05. The minimum Gasteiger partial charge on any atom is -0.442 e. The van der Waals surface area contributed by atoms with Crippen molar-refractivity contribution in [2.24, 2.45) is 16.1 Å². The second-order valence-electron chi connectivity index (χ2n) is 8.18. The summed E-state index contributed by atoms with van der Waals surface area (Å²) in [6.45, 7) is 14.6. The van der Waals surface area contributed by atoms with Crippen LogP contribution in [0.5, 0.6) is 0 Å². The number of oxazole rings is 1. The molecule has 2 fully saturated rings. The number of hydrogen-bond acceptors (Lipinski definition) is 7. The number of fused-ring (bicyclic) bond motifs is 1. The molecule has 2 aliphatic rings. The van der Waals surface area contributed by atoms with E-state index >= 15 is 0 Å². The summed E-state index contributed by atoms with van der Waals surface area (Å²) in [7, 11) is 0. The number of benzene rings is 1. The number of aromatic nitrogens is 1. The first-order valence-corrected chi connectivity index (χ1v) is 12.8. The summed E-state index contributed by atoms with van der Waals surface area (Å²) in [6, 6.07) is 11.6. The van der Waals surface area contributed by atoms with E-state index in [0.717, 1.165) is 34.7 Å². The smallest absolute Gasteiger partial charge is 0.181 e. The highest BCUT2D eigenvalue weighted by Crippen LogP contribution is 2.34. The Morgan fingerprint density at radius 3 is 2.66 bits per heavy atom. The number of rotatable bonds is 7. The van der Waals surface area contributed by atoms with Crippen molar-refractivity contribution in [2.75, 3.05) is 36.8 Å². The lowest BCUT2D eigenvalue weighted by Crippen LogP contribution is -2.35. The minimum atomic E-state index is 0.681. The zero-order chi connectivity index (χ0) is 22.9. The molecule has 2 unspecified atom stereocenters.